The summed E-state index contributed by atoms with van der Waals surface area (Å²) in [6.07, 6.45) is 0.527. The SMILES string of the molecule is Cc1nn(C(F)F)c(C)c1S(=O)(=O)C1(c2cc(N3CCOC[C@@H]3C)nc(-c3ccc(NC(=O)NCCF)cc3)n2)CC1. The predicted molar refractivity (Wildman–Crippen MR) is 149 cm³/mol. The van der Waals surface area contributed by atoms with Gasteiger partial charge < -0.3 is 20.3 Å². The molecule has 2 amide bonds. The first-order chi connectivity index (χ1) is 20.0. The molecule has 0 radical (unpaired) electrons. The average Bonchev–Trinajstić information content (AvgIpc) is 3.72. The van der Waals surface area contributed by atoms with Crippen LogP contribution in [0.25, 0.3) is 11.4 Å². The number of nitrogens with one attached hydrogen (secondary N) is 2. The molecule has 2 aromatic heterocycles. The lowest BCUT2D eigenvalue weighted by Crippen LogP contribution is -2.44. The Bertz CT molecular complexity index is 1580. The van der Waals surface area contributed by atoms with Crippen LogP contribution in [0, 0.1) is 13.8 Å². The van der Waals surface area contributed by atoms with Crippen LogP contribution in [0.4, 0.5) is 29.5 Å². The molecule has 15 heteroatoms. The summed E-state index contributed by atoms with van der Waals surface area (Å²) in [4.78, 5) is 23.2. The van der Waals surface area contributed by atoms with E-state index in [9.17, 15) is 26.4 Å². The highest BCUT2D eigenvalue weighted by atomic mass is 32.2. The molecule has 3 heterocycles. The quantitative estimate of drug-likeness (QED) is 0.371. The van der Waals surface area contributed by atoms with Gasteiger partial charge in [0, 0.05) is 30.4 Å². The number of aryl methyl sites for hydroxylation is 1. The summed E-state index contributed by atoms with van der Waals surface area (Å²) in [6, 6.07) is 7.72. The summed E-state index contributed by atoms with van der Waals surface area (Å²) >= 11 is 0. The fraction of sp³-hybridized carbons (Fsp3) is 0.481. The van der Waals surface area contributed by atoms with Crippen molar-refractivity contribution in [2.45, 2.75) is 55.8 Å². The van der Waals surface area contributed by atoms with Crippen molar-refractivity contribution in [1.29, 1.82) is 0 Å². The number of anilines is 2. The van der Waals surface area contributed by atoms with Crippen LogP contribution < -0.4 is 15.5 Å². The number of alkyl halides is 3. The number of rotatable bonds is 9. The predicted octanol–water partition coefficient (Wildman–Crippen LogP) is 4.13. The Balaban J connectivity index is 1.57. The van der Waals surface area contributed by atoms with Crippen molar-refractivity contribution in [1.82, 2.24) is 25.1 Å². The molecule has 11 nitrogen and oxygen atoms in total. The largest absolute Gasteiger partial charge is 0.377 e. The first-order valence-electron chi connectivity index (χ1n) is 13.5. The van der Waals surface area contributed by atoms with E-state index in [0.29, 0.717) is 41.5 Å². The molecule has 5 rings (SSSR count). The fourth-order valence-electron chi connectivity index (χ4n) is 5.25. The van der Waals surface area contributed by atoms with Crippen molar-refractivity contribution >= 4 is 27.4 Å². The molecule has 1 saturated carbocycles. The maximum atomic E-state index is 14.2. The molecule has 0 bridgehead atoms. The summed E-state index contributed by atoms with van der Waals surface area (Å²) in [7, 11) is -4.17. The van der Waals surface area contributed by atoms with Crippen LogP contribution in [0.2, 0.25) is 0 Å². The van der Waals surface area contributed by atoms with Gasteiger partial charge in [0.25, 0.3) is 0 Å². The van der Waals surface area contributed by atoms with Crippen molar-refractivity contribution in [3.05, 3.63) is 47.4 Å². The summed E-state index contributed by atoms with van der Waals surface area (Å²) in [6.45, 7) is 2.41. The number of carbonyl (C=O) groups excluding carboxylic acids is 1. The molecule has 2 N–H and O–H groups in total. The van der Waals surface area contributed by atoms with Gasteiger partial charge >= 0.3 is 12.6 Å². The summed E-state index contributed by atoms with van der Waals surface area (Å²) in [5.74, 6) is 0.796. The number of halogens is 3. The summed E-state index contributed by atoms with van der Waals surface area (Å²) in [5, 5.41) is 8.79. The van der Waals surface area contributed by atoms with E-state index in [1.54, 1.807) is 30.3 Å². The fourth-order valence-corrected chi connectivity index (χ4v) is 7.57. The monoisotopic (exact) mass is 607 g/mol. The van der Waals surface area contributed by atoms with E-state index in [2.05, 4.69) is 15.7 Å². The zero-order valence-corrected chi connectivity index (χ0v) is 24.2. The van der Waals surface area contributed by atoms with Crippen molar-refractivity contribution in [3.8, 4) is 11.4 Å². The average molecular weight is 608 g/mol. The van der Waals surface area contributed by atoms with Gasteiger partial charge in [0.1, 0.15) is 22.1 Å². The van der Waals surface area contributed by atoms with Crippen molar-refractivity contribution in [3.63, 3.8) is 0 Å². The molecule has 42 heavy (non-hydrogen) atoms. The second-order valence-electron chi connectivity index (χ2n) is 10.4. The Hall–Kier alpha value is -3.72. The smallest absolute Gasteiger partial charge is 0.333 e. The normalized spacial score (nSPS) is 18.3. The molecule has 1 aliphatic heterocycles. The van der Waals surface area contributed by atoms with Crippen LogP contribution in [0.5, 0.6) is 0 Å². The zero-order chi connectivity index (χ0) is 30.2. The number of sulfone groups is 1. The van der Waals surface area contributed by atoms with Gasteiger partial charge in [-0.2, -0.15) is 13.9 Å². The Morgan fingerprint density at radius 2 is 1.90 bits per heavy atom. The number of benzene rings is 1. The number of hydrogen-bond acceptors (Lipinski definition) is 8. The third kappa shape index (κ3) is 5.42. The molecular formula is C27H32F3N7O4S. The highest BCUT2D eigenvalue weighted by molar-refractivity contribution is 7.92. The first-order valence-corrected chi connectivity index (χ1v) is 15.0. The summed E-state index contributed by atoms with van der Waals surface area (Å²) in [5.41, 5.74) is 1.19. The second kappa shape index (κ2) is 11.5. The standard InChI is InChI=1S/C27H32F3N7O4S/c1-16-15-41-13-12-36(16)22-14-21(27(8-9-27)42(39,40)23-17(2)35-37(18(23)3)25(29)30)33-24(34-22)19-4-6-20(7-5-19)32-26(38)31-11-10-28/h4-7,14,16,25H,8-13,15H2,1-3H3,(H2,31,32,38)/t16-/m0/s1. The Morgan fingerprint density at radius 3 is 2.50 bits per heavy atom. The molecule has 1 atom stereocenters. The van der Waals surface area contributed by atoms with Crippen molar-refractivity contribution in [2.75, 3.05) is 43.2 Å². The van der Waals surface area contributed by atoms with Gasteiger partial charge in [-0.1, -0.05) is 0 Å². The van der Waals surface area contributed by atoms with Crippen LogP contribution >= 0.6 is 0 Å². The Kier molecular flexibility index (Phi) is 8.16. The molecule has 1 aliphatic carbocycles. The number of ether oxygens (including phenoxy) is 1. The first kappa shape index (κ1) is 29.8. The topological polar surface area (TPSA) is 131 Å². The van der Waals surface area contributed by atoms with E-state index < -0.39 is 33.8 Å². The second-order valence-corrected chi connectivity index (χ2v) is 12.6. The van der Waals surface area contributed by atoms with E-state index in [1.165, 1.54) is 13.8 Å². The molecule has 2 fully saturated rings. The Morgan fingerprint density at radius 1 is 1.19 bits per heavy atom. The van der Waals surface area contributed by atoms with Gasteiger partial charge in [-0.05, 0) is 57.9 Å². The van der Waals surface area contributed by atoms with E-state index in [1.807, 2.05) is 11.8 Å². The van der Waals surface area contributed by atoms with Crippen LogP contribution in [0.15, 0.2) is 35.2 Å². The van der Waals surface area contributed by atoms with Crippen molar-refractivity contribution < 1.29 is 31.1 Å². The molecule has 0 unspecified atom stereocenters. The van der Waals surface area contributed by atoms with Crippen LogP contribution in [0.1, 0.15) is 43.4 Å². The number of urea groups is 1. The maximum Gasteiger partial charge on any atom is 0.333 e. The third-order valence-corrected chi connectivity index (χ3v) is 10.3. The summed E-state index contributed by atoms with van der Waals surface area (Å²) < 4.78 is 72.4. The number of morpholine rings is 1. The zero-order valence-electron chi connectivity index (χ0n) is 23.4. The molecule has 1 aromatic carbocycles. The van der Waals surface area contributed by atoms with Gasteiger partial charge in [-0.25, -0.2) is 32.3 Å². The number of hydrogen-bond donors (Lipinski definition) is 2. The van der Waals surface area contributed by atoms with Gasteiger partial charge in [-0.15, -0.1) is 0 Å². The molecule has 226 valence electrons. The molecular weight excluding hydrogens is 575 g/mol. The minimum atomic E-state index is -4.17. The van der Waals surface area contributed by atoms with Crippen LogP contribution in [-0.2, 0) is 19.3 Å². The lowest BCUT2D eigenvalue weighted by Gasteiger charge is -2.34. The van der Waals surface area contributed by atoms with Crippen molar-refractivity contribution in [2.24, 2.45) is 0 Å². The van der Waals surface area contributed by atoms with Gasteiger partial charge in [0.2, 0.25) is 0 Å². The molecule has 3 aromatic rings. The number of aromatic nitrogens is 4. The highest BCUT2D eigenvalue weighted by Gasteiger charge is 2.59. The minimum Gasteiger partial charge on any atom is -0.377 e. The lowest BCUT2D eigenvalue weighted by molar-refractivity contribution is 0.0538. The highest BCUT2D eigenvalue weighted by Crippen LogP contribution is 2.56. The van der Waals surface area contributed by atoms with E-state index in [4.69, 9.17) is 14.7 Å². The lowest BCUT2D eigenvalue weighted by atomic mass is 10.1. The van der Waals surface area contributed by atoms with Gasteiger partial charge in [0.15, 0.2) is 15.7 Å². The minimum absolute atomic E-state index is 0.00835. The number of amides is 2. The number of carbonyl (C=O) groups is 1. The molecule has 1 saturated heterocycles. The molecule has 0 spiro atoms. The van der Waals surface area contributed by atoms with E-state index >= 15 is 0 Å². The van der Waals surface area contributed by atoms with E-state index in [-0.39, 0.29) is 53.2 Å². The van der Waals surface area contributed by atoms with E-state index in [0.717, 1.165) is 0 Å². The van der Waals surface area contributed by atoms with Crippen LogP contribution in [-0.4, -0.2) is 73.2 Å². The molecule has 2 aliphatic rings. The number of nitrogens with zero attached hydrogens (tertiary/aromatic N) is 5. The Labute approximate surface area is 241 Å². The maximum absolute atomic E-state index is 14.2. The third-order valence-electron chi connectivity index (χ3n) is 7.55. The van der Waals surface area contributed by atoms with Crippen LogP contribution in [0.3, 0.4) is 0 Å². The van der Waals surface area contributed by atoms with Gasteiger partial charge in [0.05, 0.1) is 36.3 Å². The van der Waals surface area contributed by atoms with Gasteiger partial charge in [-0.3, -0.25) is 0 Å².